The third-order valence-electron chi connectivity index (χ3n) is 2.93. The largest absolute Gasteiger partial charge is 0.465 e. The van der Waals surface area contributed by atoms with Gasteiger partial charge in [-0.15, -0.1) is 11.3 Å². The standard InChI is InChI=1S/C13H17N3O2S/c1-7(2)16-6-5-9(15-16)11-8(3)10(12(14)19-11)13(17)18-4/h5-7H,14H2,1-4H3. The molecular weight excluding hydrogens is 262 g/mol. The second-order valence-electron chi connectivity index (χ2n) is 4.56. The monoisotopic (exact) mass is 279 g/mol. The van der Waals surface area contributed by atoms with Gasteiger partial charge in [0.25, 0.3) is 0 Å². The van der Waals surface area contributed by atoms with Gasteiger partial charge in [-0.2, -0.15) is 5.10 Å². The minimum Gasteiger partial charge on any atom is -0.465 e. The maximum absolute atomic E-state index is 11.7. The molecule has 2 aromatic heterocycles. The molecule has 0 unspecified atom stereocenters. The van der Waals surface area contributed by atoms with Gasteiger partial charge < -0.3 is 10.5 Å². The molecule has 19 heavy (non-hydrogen) atoms. The summed E-state index contributed by atoms with van der Waals surface area (Å²) in [5.41, 5.74) is 8.01. The number of aromatic nitrogens is 2. The Morgan fingerprint density at radius 3 is 2.74 bits per heavy atom. The molecule has 0 bridgehead atoms. The Bertz CT molecular complexity index is 613. The quantitative estimate of drug-likeness (QED) is 0.877. The van der Waals surface area contributed by atoms with Crippen LogP contribution in [0.25, 0.3) is 10.6 Å². The average Bonchev–Trinajstić information content (AvgIpc) is 2.94. The fraction of sp³-hybridized carbons (Fsp3) is 0.385. The van der Waals surface area contributed by atoms with E-state index in [2.05, 4.69) is 18.9 Å². The van der Waals surface area contributed by atoms with E-state index in [1.807, 2.05) is 23.9 Å². The van der Waals surface area contributed by atoms with E-state index < -0.39 is 5.97 Å². The number of carbonyl (C=O) groups is 1. The molecule has 102 valence electrons. The van der Waals surface area contributed by atoms with Crippen molar-refractivity contribution < 1.29 is 9.53 Å². The lowest BCUT2D eigenvalue weighted by atomic mass is 10.1. The Morgan fingerprint density at radius 2 is 2.21 bits per heavy atom. The predicted molar refractivity (Wildman–Crippen MR) is 76.4 cm³/mol. The number of esters is 1. The summed E-state index contributed by atoms with van der Waals surface area (Å²) in [6.07, 6.45) is 1.92. The SMILES string of the molecule is COC(=O)c1c(N)sc(-c2ccn(C(C)C)n2)c1C. The highest BCUT2D eigenvalue weighted by Gasteiger charge is 2.22. The molecule has 5 nitrogen and oxygen atoms in total. The molecule has 0 aliphatic rings. The maximum atomic E-state index is 11.7. The molecule has 0 aromatic carbocycles. The van der Waals surface area contributed by atoms with E-state index in [0.717, 1.165) is 16.1 Å². The normalized spacial score (nSPS) is 11.0. The van der Waals surface area contributed by atoms with E-state index in [1.165, 1.54) is 18.4 Å². The molecule has 2 N–H and O–H groups in total. The fourth-order valence-corrected chi connectivity index (χ4v) is 2.91. The lowest BCUT2D eigenvalue weighted by molar-refractivity contribution is 0.0601. The first kappa shape index (κ1) is 13.6. The first-order valence-electron chi connectivity index (χ1n) is 5.98. The molecule has 0 spiro atoms. The minimum atomic E-state index is -0.402. The molecule has 6 heteroatoms. The number of rotatable bonds is 3. The molecule has 2 heterocycles. The smallest absolute Gasteiger partial charge is 0.341 e. The van der Waals surface area contributed by atoms with Crippen LogP contribution in [0.3, 0.4) is 0 Å². The Kier molecular flexibility index (Phi) is 3.61. The molecule has 0 atom stereocenters. The average molecular weight is 279 g/mol. The van der Waals surface area contributed by atoms with Crippen molar-refractivity contribution in [1.29, 1.82) is 0 Å². The number of carbonyl (C=O) groups excluding carboxylic acids is 1. The number of nitrogens with two attached hydrogens (primary N) is 1. The summed E-state index contributed by atoms with van der Waals surface area (Å²) >= 11 is 1.36. The third kappa shape index (κ3) is 2.35. The number of nitrogens with zero attached hydrogens (tertiary/aromatic N) is 2. The topological polar surface area (TPSA) is 70.1 Å². The maximum Gasteiger partial charge on any atom is 0.341 e. The summed E-state index contributed by atoms with van der Waals surface area (Å²) < 4.78 is 6.63. The van der Waals surface area contributed by atoms with Crippen LogP contribution in [0.2, 0.25) is 0 Å². The predicted octanol–water partition coefficient (Wildman–Crippen LogP) is 2.87. The van der Waals surface area contributed by atoms with Crippen molar-refractivity contribution in [3.05, 3.63) is 23.4 Å². The number of hydrogen-bond donors (Lipinski definition) is 1. The Hall–Kier alpha value is -1.82. The summed E-state index contributed by atoms with van der Waals surface area (Å²) in [6.45, 7) is 5.99. The van der Waals surface area contributed by atoms with Crippen LogP contribution in [-0.2, 0) is 4.74 Å². The Balaban J connectivity index is 2.48. The van der Waals surface area contributed by atoms with Crippen molar-refractivity contribution in [3.8, 4) is 10.6 Å². The lowest BCUT2D eigenvalue weighted by Gasteiger charge is -2.03. The van der Waals surface area contributed by atoms with Crippen LogP contribution in [0.5, 0.6) is 0 Å². The highest BCUT2D eigenvalue weighted by atomic mass is 32.1. The molecular formula is C13H17N3O2S. The van der Waals surface area contributed by atoms with Gasteiger partial charge >= 0.3 is 5.97 Å². The zero-order valence-corrected chi connectivity index (χ0v) is 12.2. The van der Waals surface area contributed by atoms with Crippen LogP contribution in [0.1, 0.15) is 35.8 Å². The molecule has 0 aliphatic heterocycles. The lowest BCUT2D eigenvalue weighted by Crippen LogP contribution is -2.04. The van der Waals surface area contributed by atoms with Crippen molar-refractivity contribution in [3.63, 3.8) is 0 Å². The first-order valence-corrected chi connectivity index (χ1v) is 6.80. The van der Waals surface area contributed by atoms with Crippen LogP contribution in [-0.4, -0.2) is 22.9 Å². The summed E-state index contributed by atoms with van der Waals surface area (Å²) in [5.74, 6) is -0.402. The Labute approximate surface area is 116 Å². The van der Waals surface area contributed by atoms with Crippen molar-refractivity contribution >= 4 is 22.3 Å². The van der Waals surface area contributed by atoms with Gasteiger partial charge in [0.05, 0.1) is 17.6 Å². The van der Waals surface area contributed by atoms with Crippen molar-refractivity contribution in [1.82, 2.24) is 9.78 Å². The van der Waals surface area contributed by atoms with E-state index >= 15 is 0 Å². The van der Waals surface area contributed by atoms with Crippen LogP contribution in [0.4, 0.5) is 5.00 Å². The summed E-state index contributed by atoms with van der Waals surface area (Å²) in [5, 5.41) is 4.97. The molecule has 0 aliphatic carbocycles. The van der Waals surface area contributed by atoms with Gasteiger partial charge in [-0.25, -0.2) is 4.79 Å². The van der Waals surface area contributed by atoms with Crippen molar-refractivity contribution in [2.45, 2.75) is 26.8 Å². The van der Waals surface area contributed by atoms with Crippen molar-refractivity contribution in [2.75, 3.05) is 12.8 Å². The number of nitrogen functional groups attached to an aromatic ring is 1. The number of ether oxygens (including phenoxy) is 1. The first-order chi connectivity index (χ1) is 8.95. The summed E-state index contributed by atoms with van der Waals surface area (Å²) in [4.78, 5) is 12.6. The number of methoxy groups -OCH3 is 1. The molecule has 2 rings (SSSR count). The fourth-order valence-electron chi connectivity index (χ4n) is 1.88. The molecule has 0 saturated carbocycles. The highest BCUT2D eigenvalue weighted by Crippen LogP contribution is 2.37. The molecule has 0 radical (unpaired) electrons. The van der Waals surface area contributed by atoms with Crippen molar-refractivity contribution in [2.24, 2.45) is 0 Å². The minimum absolute atomic E-state index is 0.298. The zero-order valence-electron chi connectivity index (χ0n) is 11.4. The summed E-state index contributed by atoms with van der Waals surface area (Å²) in [6, 6.07) is 2.23. The number of thiophene rings is 1. The number of hydrogen-bond acceptors (Lipinski definition) is 5. The van der Waals surface area contributed by atoms with Gasteiger partial charge in [0.1, 0.15) is 10.7 Å². The van der Waals surface area contributed by atoms with Crippen LogP contribution in [0, 0.1) is 6.92 Å². The van der Waals surface area contributed by atoms with Gasteiger partial charge in [-0.05, 0) is 32.4 Å². The van der Waals surface area contributed by atoms with Gasteiger partial charge in [0, 0.05) is 12.2 Å². The van der Waals surface area contributed by atoms with Crippen LogP contribution >= 0.6 is 11.3 Å². The Morgan fingerprint density at radius 1 is 1.53 bits per heavy atom. The molecule has 2 aromatic rings. The van der Waals surface area contributed by atoms with E-state index in [9.17, 15) is 4.79 Å². The van der Waals surface area contributed by atoms with Gasteiger partial charge in [-0.3, -0.25) is 4.68 Å². The second-order valence-corrected chi connectivity index (χ2v) is 5.61. The molecule has 0 saturated heterocycles. The number of anilines is 1. The van der Waals surface area contributed by atoms with E-state index in [4.69, 9.17) is 10.5 Å². The summed E-state index contributed by atoms with van der Waals surface area (Å²) in [7, 11) is 1.35. The van der Waals surface area contributed by atoms with Gasteiger partial charge in [-0.1, -0.05) is 0 Å². The van der Waals surface area contributed by atoms with E-state index in [-0.39, 0.29) is 0 Å². The van der Waals surface area contributed by atoms with Gasteiger partial charge in [0.15, 0.2) is 0 Å². The van der Waals surface area contributed by atoms with E-state index in [0.29, 0.717) is 16.6 Å². The molecule has 0 fully saturated rings. The highest BCUT2D eigenvalue weighted by molar-refractivity contribution is 7.19. The third-order valence-corrected chi connectivity index (χ3v) is 4.08. The molecule has 0 amide bonds. The van der Waals surface area contributed by atoms with Crippen LogP contribution in [0.15, 0.2) is 12.3 Å². The van der Waals surface area contributed by atoms with Crippen LogP contribution < -0.4 is 5.73 Å². The zero-order chi connectivity index (χ0) is 14.2. The van der Waals surface area contributed by atoms with Gasteiger partial charge in [0.2, 0.25) is 0 Å². The second kappa shape index (κ2) is 5.05. The van der Waals surface area contributed by atoms with E-state index in [1.54, 1.807) is 0 Å².